The van der Waals surface area contributed by atoms with Crippen LogP contribution < -0.4 is 0 Å². The van der Waals surface area contributed by atoms with E-state index in [0.29, 0.717) is 47.1 Å². The van der Waals surface area contributed by atoms with E-state index in [1.54, 1.807) is 13.1 Å². The third-order valence-corrected chi connectivity index (χ3v) is 8.19. The summed E-state index contributed by atoms with van der Waals surface area (Å²) in [4.78, 5) is 20.0. The number of halogens is 3. The van der Waals surface area contributed by atoms with Gasteiger partial charge in [-0.2, -0.15) is 23.5 Å². The first kappa shape index (κ1) is 27.0. The zero-order valence-corrected chi connectivity index (χ0v) is 21.7. The van der Waals surface area contributed by atoms with Gasteiger partial charge in [0.15, 0.2) is 5.78 Å². The molecule has 7 nitrogen and oxygen atoms in total. The molecule has 2 unspecified atom stereocenters. The van der Waals surface area contributed by atoms with Crippen LogP contribution in [0.3, 0.4) is 0 Å². The number of carbonyl (C=O) groups is 1. The van der Waals surface area contributed by atoms with E-state index in [0.717, 1.165) is 44.5 Å². The summed E-state index contributed by atoms with van der Waals surface area (Å²) < 4.78 is 40.1. The maximum absolute atomic E-state index is 13.1. The molecule has 0 radical (unpaired) electrons. The first-order valence-corrected chi connectivity index (χ1v) is 13.1. The number of nitrogens with zero attached hydrogens (tertiary/aromatic N) is 5. The number of aromatic nitrogens is 3. The molecule has 0 spiro atoms. The summed E-state index contributed by atoms with van der Waals surface area (Å²) in [6.45, 7) is 3.28. The SMILES string of the molecule is Cc1c(C(=O)Cc2ccc(C3(C#N)CCN(C4CCC(O)C4)CC3)nc2)cnn1-c1ccc(C(F)(F)F)cc1. The summed E-state index contributed by atoms with van der Waals surface area (Å²) in [6.07, 6.45) is 2.47. The number of nitriles is 1. The normalized spacial score (nSPS) is 21.5. The van der Waals surface area contributed by atoms with Crippen molar-refractivity contribution < 1.29 is 23.1 Å². The molecule has 1 N–H and O–H groups in total. The zero-order chi connectivity index (χ0) is 27.8. The summed E-state index contributed by atoms with van der Waals surface area (Å²) in [5.74, 6) is -0.178. The molecule has 3 heterocycles. The molecular weight excluding hydrogens is 507 g/mol. The Morgan fingerprint density at radius 2 is 1.85 bits per heavy atom. The lowest BCUT2D eigenvalue weighted by Gasteiger charge is -2.39. The fourth-order valence-electron chi connectivity index (χ4n) is 5.79. The highest BCUT2D eigenvalue weighted by Gasteiger charge is 2.40. The van der Waals surface area contributed by atoms with Crippen LogP contribution in [0.4, 0.5) is 13.2 Å². The predicted octanol–water partition coefficient (Wildman–Crippen LogP) is 4.79. The van der Waals surface area contributed by atoms with Crippen molar-refractivity contribution in [2.45, 2.75) is 69.2 Å². The summed E-state index contributed by atoms with van der Waals surface area (Å²) in [5, 5.41) is 24.2. The number of Topliss-reactive ketones (excluding diaryl/α,β-unsaturated/α-hetero) is 1. The third kappa shape index (κ3) is 5.47. The molecule has 0 amide bonds. The van der Waals surface area contributed by atoms with Crippen LogP contribution >= 0.6 is 0 Å². The molecule has 3 aromatic rings. The number of aliphatic hydroxyl groups excluding tert-OH is 1. The zero-order valence-electron chi connectivity index (χ0n) is 21.7. The van der Waals surface area contributed by atoms with Crippen molar-refractivity contribution in [1.29, 1.82) is 5.26 Å². The molecule has 2 fully saturated rings. The molecule has 10 heteroatoms. The summed E-state index contributed by atoms with van der Waals surface area (Å²) in [6, 6.07) is 11.2. The Morgan fingerprint density at radius 3 is 2.41 bits per heavy atom. The van der Waals surface area contributed by atoms with E-state index >= 15 is 0 Å². The van der Waals surface area contributed by atoms with Gasteiger partial charge in [0.05, 0.1) is 46.6 Å². The smallest absolute Gasteiger partial charge is 0.393 e. The number of hydrogen-bond acceptors (Lipinski definition) is 6. The number of piperidine rings is 1. The fourth-order valence-corrected chi connectivity index (χ4v) is 5.79. The maximum atomic E-state index is 13.1. The average Bonchev–Trinajstić information content (AvgIpc) is 3.54. The molecule has 1 saturated heterocycles. The average molecular weight is 538 g/mol. The van der Waals surface area contributed by atoms with Crippen LogP contribution in [0, 0.1) is 18.3 Å². The monoisotopic (exact) mass is 537 g/mol. The minimum absolute atomic E-state index is 0.0875. The van der Waals surface area contributed by atoms with Gasteiger partial charge in [-0.3, -0.25) is 9.78 Å². The number of aliphatic hydroxyl groups is 1. The summed E-state index contributed by atoms with van der Waals surface area (Å²) in [5.41, 5.74) is 1.35. The molecular formula is C29H30F3N5O2. The van der Waals surface area contributed by atoms with Gasteiger partial charge >= 0.3 is 6.18 Å². The van der Waals surface area contributed by atoms with E-state index in [4.69, 9.17) is 0 Å². The highest BCUT2D eigenvalue weighted by Crippen LogP contribution is 2.37. The molecule has 2 aliphatic rings. The van der Waals surface area contributed by atoms with E-state index in [9.17, 15) is 28.3 Å². The van der Waals surface area contributed by atoms with Crippen molar-refractivity contribution in [2.75, 3.05) is 13.1 Å². The minimum Gasteiger partial charge on any atom is -0.393 e. The number of pyridine rings is 1. The highest BCUT2D eigenvalue weighted by molar-refractivity contribution is 5.98. The van der Waals surface area contributed by atoms with E-state index in [-0.39, 0.29) is 18.3 Å². The number of rotatable bonds is 6. The number of hydrogen-bond donors (Lipinski definition) is 1. The van der Waals surface area contributed by atoms with Gasteiger partial charge in [0.25, 0.3) is 0 Å². The fraction of sp³-hybridized carbons (Fsp3) is 0.448. The summed E-state index contributed by atoms with van der Waals surface area (Å²) in [7, 11) is 0. The first-order chi connectivity index (χ1) is 18.6. The van der Waals surface area contributed by atoms with Crippen LogP contribution in [-0.2, 0) is 18.0 Å². The van der Waals surface area contributed by atoms with Crippen molar-refractivity contribution in [2.24, 2.45) is 0 Å². The van der Waals surface area contributed by atoms with Gasteiger partial charge in [0, 0.05) is 31.7 Å². The van der Waals surface area contributed by atoms with Gasteiger partial charge in [0.1, 0.15) is 5.41 Å². The van der Waals surface area contributed by atoms with Gasteiger partial charge in [0.2, 0.25) is 0 Å². The Balaban J connectivity index is 1.24. The largest absolute Gasteiger partial charge is 0.416 e. The molecule has 5 rings (SSSR count). The highest BCUT2D eigenvalue weighted by atomic mass is 19.4. The number of alkyl halides is 3. The molecule has 1 aliphatic carbocycles. The Hall–Kier alpha value is -3.55. The van der Waals surface area contributed by atoms with E-state index < -0.39 is 17.2 Å². The Labute approximate surface area is 224 Å². The van der Waals surface area contributed by atoms with Crippen molar-refractivity contribution in [3.8, 4) is 11.8 Å². The van der Waals surface area contributed by atoms with Gasteiger partial charge < -0.3 is 10.0 Å². The third-order valence-electron chi connectivity index (χ3n) is 8.19. The second kappa shape index (κ2) is 10.5. The predicted molar refractivity (Wildman–Crippen MR) is 137 cm³/mol. The van der Waals surface area contributed by atoms with Crippen molar-refractivity contribution in [1.82, 2.24) is 19.7 Å². The van der Waals surface area contributed by atoms with Crippen LogP contribution in [0.15, 0.2) is 48.8 Å². The van der Waals surface area contributed by atoms with Crippen LogP contribution in [-0.4, -0.2) is 55.8 Å². The quantitative estimate of drug-likeness (QED) is 0.455. The van der Waals surface area contributed by atoms with Crippen LogP contribution in [0.2, 0.25) is 0 Å². The second-order valence-electron chi connectivity index (χ2n) is 10.6. The van der Waals surface area contributed by atoms with Crippen molar-refractivity contribution in [3.63, 3.8) is 0 Å². The van der Waals surface area contributed by atoms with Gasteiger partial charge in [-0.25, -0.2) is 4.68 Å². The molecule has 1 aliphatic heterocycles. The molecule has 39 heavy (non-hydrogen) atoms. The molecule has 2 aromatic heterocycles. The van der Waals surface area contributed by atoms with Gasteiger partial charge in [-0.05, 0) is 74.9 Å². The Bertz CT molecular complexity index is 1370. The van der Waals surface area contributed by atoms with Gasteiger partial charge in [-0.1, -0.05) is 6.07 Å². The molecule has 204 valence electrons. The lowest BCUT2D eigenvalue weighted by molar-refractivity contribution is -0.137. The van der Waals surface area contributed by atoms with E-state index in [2.05, 4.69) is 21.1 Å². The Kier molecular flexibility index (Phi) is 7.31. The lowest BCUT2D eigenvalue weighted by atomic mass is 9.76. The number of carbonyl (C=O) groups excluding carboxylic acids is 1. The van der Waals surface area contributed by atoms with Crippen molar-refractivity contribution >= 4 is 5.78 Å². The Morgan fingerprint density at radius 1 is 1.13 bits per heavy atom. The van der Waals surface area contributed by atoms with Crippen LogP contribution in [0.5, 0.6) is 0 Å². The standard InChI is InChI=1S/C29H30F3N5O2/c1-19-25(17-35-37(19)22-5-3-21(4-6-22)29(30,31)32)26(39)14-20-2-9-27(34-16-20)28(18-33)10-12-36(13-11-28)23-7-8-24(38)15-23/h2-6,9,16-17,23-24,38H,7-8,10-15H2,1H3. The number of likely N-dealkylation sites (tertiary alicyclic amines) is 1. The maximum Gasteiger partial charge on any atom is 0.416 e. The second-order valence-corrected chi connectivity index (χ2v) is 10.6. The van der Waals surface area contributed by atoms with Gasteiger partial charge in [-0.15, -0.1) is 0 Å². The minimum atomic E-state index is -4.42. The number of ketones is 1. The first-order valence-electron chi connectivity index (χ1n) is 13.1. The van der Waals surface area contributed by atoms with Crippen LogP contribution in [0.1, 0.15) is 65.0 Å². The lowest BCUT2D eigenvalue weighted by Crippen LogP contribution is -2.46. The summed E-state index contributed by atoms with van der Waals surface area (Å²) >= 11 is 0. The van der Waals surface area contributed by atoms with Crippen LogP contribution in [0.25, 0.3) is 5.69 Å². The van der Waals surface area contributed by atoms with E-state index in [1.807, 2.05) is 12.1 Å². The van der Waals surface area contributed by atoms with Crippen molar-refractivity contribution in [3.05, 3.63) is 76.9 Å². The topological polar surface area (TPSA) is 95.0 Å². The molecule has 1 saturated carbocycles. The van der Waals surface area contributed by atoms with E-state index in [1.165, 1.54) is 23.0 Å². The molecule has 2 atom stereocenters. The molecule has 0 bridgehead atoms. The molecule has 1 aromatic carbocycles. The number of benzene rings is 1.